The molecule has 0 aliphatic heterocycles. The van der Waals surface area contributed by atoms with Crippen molar-refractivity contribution in [3.63, 3.8) is 0 Å². The van der Waals surface area contributed by atoms with Gasteiger partial charge in [-0.15, -0.1) is 0 Å². The lowest BCUT2D eigenvalue weighted by molar-refractivity contribution is 0.0957. The van der Waals surface area contributed by atoms with E-state index in [1.165, 1.54) is 0 Å². The number of carbonyl (C=O) groups excluding carboxylic acids is 1. The number of nitriles is 2. The summed E-state index contributed by atoms with van der Waals surface area (Å²) in [5, 5.41) is 21.5. The van der Waals surface area contributed by atoms with Gasteiger partial charge in [0.1, 0.15) is 11.8 Å². The number of rotatable bonds is 4. The maximum atomic E-state index is 12.1. The molecular weight excluding hydrogens is 362 g/mol. The fraction of sp³-hybridized carbons (Fsp3) is 0.217. The van der Waals surface area contributed by atoms with Crippen molar-refractivity contribution in [2.24, 2.45) is 0 Å². The number of hydrogen-bond acceptors (Lipinski definition) is 4. The summed E-state index contributed by atoms with van der Waals surface area (Å²) in [6.07, 6.45) is 2.32. The first kappa shape index (κ1) is 19.9. The summed E-state index contributed by atoms with van der Waals surface area (Å²) in [6, 6.07) is 13.6. The Morgan fingerprint density at radius 2 is 1.83 bits per heavy atom. The van der Waals surface area contributed by atoms with Gasteiger partial charge in [0.05, 0.1) is 29.1 Å². The van der Waals surface area contributed by atoms with Crippen molar-refractivity contribution in [2.75, 3.05) is 7.05 Å². The molecule has 0 fully saturated rings. The SMILES string of the molecule is CCc1cc(-n2c(C)c(C#N)c(-c3ccc(C#N)cc3)c2C)cnc1C(=O)NC. The van der Waals surface area contributed by atoms with Crippen LogP contribution in [0.3, 0.4) is 0 Å². The van der Waals surface area contributed by atoms with Crippen LogP contribution < -0.4 is 5.32 Å². The third kappa shape index (κ3) is 3.37. The van der Waals surface area contributed by atoms with E-state index in [1.54, 1.807) is 25.4 Å². The highest BCUT2D eigenvalue weighted by Crippen LogP contribution is 2.34. The molecule has 2 aromatic heterocycles. The number of aryl methyl sites for hydroxylation is 1. The number of aromatic nitrogens is 2. The summed E-state index contributed by atoms with van der Waals surface area (Å²) in [7, 11) is 1.58. The van der Waals surface area contributed by atoms with E-state index in [0.29, 0.717) is 23.2 Å². The monoisotopic (exact) mass is 383 g/mol. The number of benzene rings is 1. The van der Waals surface area contributed by atoms with Crippen molar-refractivity contribution in [1.29, 1.82) is 10.5 Å². The van der Waals surface area contributed by atoms with Gasteiger partial charge in [-0.2, -0.15) is 10.5 Å². The van der Waals surface area contributed by atoms with Crippen LogP contribution >= 0.6 is 0 Å². The van der Waals surface area contributed by atoms with Crippen molar-refractivity contribution in [2.45, 2.75) is 27.2 Å². The zero-order chi connectivity index (χ0) is 21.1. The summed E-state index contributed by atoms with van der Waals surface area (Å²) in [6.45, 7) is 5.84. The molecule has 6 heteroatoms. The number of amides is 1. The molecule has 6 nitrogen and oxygen atoms in total. The lowest BCUT2D eigenvalue weighted by Crippen LogP contribution is -2.21. The Labute approximate surface area is 170 Å². The minimum Gasteiger partial charge on any atom is -0.354 e. The zero-order valence-electron chi connectivity index (χ0n) is 16.9. The lowest BCUT2D eigenvalue weighted by Gasteiger charge is -2.13. The van der Waals surface area contributed by atoms with Gasteiger partial charge in [-0.3, -0.25) is 4.79 Å². The van der Waals surface area contributed by atoms with Gasteiger partial charge in [0.2, 0.25) is 0 Å². The van der Waals surface area contributed by atoms with E-state index >= 15 is 0 Å². The molecule has 0 spiro atoms. The minimum absolute atomic E-state index is 0.217. The normalized spacial score (nSPS) is 10.3. The lowest BCUT2D eigenvalue weighted by atomic mass is 10.0. The number of carbonyl (C=O) groups is 1. The quantitative estimate of drug-likeness (QED) is 0.741. The van der Waals surface area contributed by atoms with Gasteiger partial charge in [-0.1, -0.05) is 19.1 Å². The molecule has 1 amide bonds. The highest BCUT2D eigenvalue weighted by Gasteiger charge is 2.21. The molecule has 0 saturated carbocycles. The first-order chi connectivity index (χ1) is 14.0. The molecule has 1 N–H and O–H groups in total. The Morgan fingerprint density at radius 3 is 2.38 bits per heavy atom. The van der Waals surface area contributed by atoms with Crippen molar-refractivity contribution >= 4 is 5.91 Å². The van der Waals surface area contributed by atoms with E-state index in [-0.39, 0.29) is 5.91 Å². The van der Waals surface area contributed by atoms with E-state index in [4.69, 9.17) is 5.26 Å². The molecular formula is C23H21N5O. The Morgan fingerprint density at radius 1 is 1.14 bits per heavy atom. The van der Waals surface area contributed by atoms with E-state index in [2.05, 4.69) is 22.4 Å². The fourth-order valence-electron chi connectivity index (χ4n) is 3.64. The van der Waals surface area contributed by atoms with Crippen molar-refractivity contribution in [3.8, 4) is 29.0 Å². The second-order valence-electron chi connectivity index (χ2n) is 6.69. The van der Waals surface area contributed by atoms with Crippen LogP contribution in [0.4, 0.5) is 0 Å². The second kappa shape index (κ2) is 8.00. The second-order valence-corrected chi connectivity index (χ2v) is 6.69. The Balaban J connectivity index is 2.22. The molecule has 3 aromatic rings. The zero-order valence-corrected chi connectivity index (χ0v) is 16.9. The molecule has 0 aliphatic rings. The van der Waals surface area contributed by atoms with Gasteiger partial charge in [0, 0.05) is 24.0 Å². The predicted molar refractivity (Wildman–Crippen MR) is 111 cm³/mol. The molecule has 29 heavy (non-hydrogen) atoms. The van der Waals surface area contributed by atoms with Gasteiger partial charge >= 0.3 is 0 Å². The van der Waals surface area contributed by atoms with Crippen LogP contribution in [0.5, 0.6) is 0 Å². The fourth-order valence-corrected chi connectivity index (χ4v) is 3.64. The van der Waals surface area contributed by atoms with Gasteiger partial charge in [0.25, 0.3) is 5.91 Å². The van der Waals surface area contributed by atoms with Gasteiger partial charge in [-0.25, -0.2) is 4.98 Å². The molecule has 2 heterocycles. The highest BCUT2D eigenvalue weighted by molar-refractivity contribution is 5.93. The molecule has 0 bridgehead atoms. The Hall–Kier alpha value is -3.90. The third-order valence-corrected chi connectivity index (χ3v) is 5.09. The third-order valence-electron chi connectivity index (χ3n) is 5.09. The van der Waals surface area contributed by atoms with Crippen LogP contribution in [0.2, 0.25) is 0 Å². The Bertz CT molecular complexity index is 1170. The molecule has 3 rings (SSSR count). The van der Waals surface area contributed by atoms with E-state index in [0.717, 1.165) is 33.8 Å². The van der Waals surface area contributed by atoms with Crippen LogP contribution in [0.15, 0.2) is 36.5 Å². The standard InChI is InChI=1S/C23H21N5O/c1-5-17-10-19(13-27-22(17)23(29)26-4)28-14(2)20(12-25)21(15(28)3)18-8-6-16(11-24)7-9-18/h6-10,13H,5H2,1-4H3,(H,26,29). The van der Waals surface area contributed by atoms with Crippen LogP contribution in [0, 0.1) is 36.5 Å². The molecule has 144 valence electrons. The van der Waals surface area contributed by atoms with Crippen LogP contribution in [0.1, 0.15) is 45.5 Å². The topological polar surface area (TPSA) is 94.5 Å². The van der Waals surface area contributed by atoms with Crippen LogP contribution in [-0.2, 0) is 6.42 Å². The predicted octanol–water partition coefficient (Wildman–Crippen LogP) is 3.82. The molecule has 0 radical (unpaired) electrons. The first-order valence-electron chi connectivity index (χ1n) is 9.30. The molecule has 0 unspecified atom stereocenters. The van der Waals surface area contributed by atoms with Crippen LogP contribution in [0.25, 0.3) is 16.8 Å². The number of nitrogens with zero attached hydrogens (tertiary/aromatic N) is 4. The molecule has 1 aromatic carbocycles. The summed E-state index contributed by atoms with van der Waals surface area (Å²) in [5.41, 5.74) is 6.64. The number of nitrogens with one attached hydrogen (secondary N) is 1. The summed E-state index contributed by atoms with van der Waals surface area (Å²) < 4.78 is 1.99. The van der Waals surface area contributed by atoms with Crippen LogP contribution in [-0.4, -0.2) is 22.5 Å². The number of hydrogen-bond donors (Lipinski definition) is 1. The van der Waals surface area contributed by atoms with Gasteiger partial charge in [0.15, 0.2) is 0 Å². The van der Waals surface area contributed by atoms with Gasteiger partial charge in [-0.05, 0) is 49.6 Å². The smallest absolute Gasteiger partial charge is 0.269 e. The minimum atomic E-state index is -0.217. The van der Waals surface area contributed by atoms with E-state index in [9.17, 15) is 10.1 Å². The average molecular weight is 383 g/mol. The molecule has 0 saturated heterocycles. The highest BCUT2D eigenvalue weighted by atomic mass is 16.1. The maximum Gasteiger partial charge on any atom is 0.269 e. The van der Waals surface area contributed by atoms with E-state index < -0.39 is 0 Å². The summed E-state index contributed by atoms with van der Waals surface area (Å²) >= 11 is 0. The largest absolute Gasteiger partial charge is 0.354 e. The summed E-state index contributed by atoms with van der Waals surface area (Å²) in [5.74, 6) is -0.217. The average Bonchev–Trinajstić information content (AvgIpc) is 3.01. The maximum absolute atomic E-state index is 12.1. The van der Waals surface area contributed by atoms with Crippen molar-refractivity contribution in [1.82, 2.24) is 14.9 Å². The van der Waals surface area contributed by atoms with Crippen molar-refractivity contribution in [3.05, 3.63) is 70.3 Å². The van der Waals surface area contributed by atoms with E-state index in [1.807, 2.05) is 43.5 Å². The van der Waals surface area contributed by atoms with Crippen molar-refractivity contribution < 1.29 is 4.79 Å². The number of pyridine rings is 1. The Kier molecular flexibility index (Phi) is 5.47. The molecule has 0 atom stereocenters. The molecule has 0 aliphatic carbocycles. The summed E-state index contributed by atoms with van der Waals surface area (Å²) in [4.78, 5) is 16.5. The van der Waals surface area contributed by atoms with Gasteiger partial charge < -0.3 is 9.88 Å². The first-order valence-corrected chi connectivity index (χ1v) is 9.30.